The summed E-state index contributed by atoms with van der Waals surface area (Å²) in [5, 5.41) is 10.1. The summed E-state index contributed by atoms with van der Waals surface area (Å²) in [4.78, 5) is 16.3. The summed E-state index contributed by atoms with van der Waals surface area (Å²) >= 11 is 1.26. The lowest BCUT2D eigenvalue weighted by molar-refractivity contribution is 0.0700. The van der Waals surface area contributed by atoms with Gasteiger partial charge in [0.05, 0.1) is 11.8 Å². The molecule has 1 aromatic heterocycles. The van der Waals surface area contributed by atoms with Gasteiger partial charge in [-0.25, -0.2) is 9.78 Å². The van der Waals surface area contributed by atoms with Gasteiger partial charge in [0, 0.05) is 11.5 Å². The number of hydrogen-bond acceptors (Lipinski definition) is 4. The molecule has 0 amide bonds. The van der Waals surface area contributed by atoms with Crippen LogP contribution in [-0.2, 0) is 0 Å². The molecule has 110 valence electrons. The van der Waals surface area contributed by atoms with Crippen LogP contribution in [0.1, 0.15) is 48.0 Å². The molecule has 0 spiro atoms. The number of nitrogens with zero attached hydrogens (tertiary/aromatic N) is 1. The summed E-state index contributed by atoms with van der Waals surface area (Å²) in [5.74, 6) is 0.274. The van der Waals surface area contributed by atoms with Gasteiger partial charge in [-0.3, -0.25) is 0 Å². The first kappa shape index (κ1) is 14.1. The van der Waals surface area contributed by atoms with Crippen molar-refractivity contribution >= 4 is 17.3 Å². The number of hydrogen-bond donors (Lipinski definition) is 1. The second kappa shape index (κ2) is 5.48. The van der Waals surface area contributed by atoms with E-state index in [0.29, 0.717) is 10.8 Å². The third-order valence-electron chi connectivity index (χ3n) is 3.28. The predicted molar refractivity (Wildman–Crippen MR) is 82.2 cm³/mol. The minimum Gasteiger partial charge on any atom is -0.491 e. The Morgan fingerprint density at radius 3 is 2.52 bits per heavy atom. The van der Waals surface area contributed by atoms with Crippen molar-refractivity contribution in [1.29, 1.82) is 0 Å². The van der Waals surface area contributed by atoms with Crippen molar-refractivity contribution in [2.24, 2.45) is 0 Å². The first-order valence-electron chi connectivity index (χ1n) is 7.05. The molecule has 1 aromatic carbocycles. The molecule has 0 radical (unpaired) electrons. The Morgan fingerprint density at radius 1 is 1.33 bits per heavy atom. The van der Waals surface area contributed by atoms with Crippen molar-refractivity contribution in [2.75, 3.05) is 0 Å². The van der Waals surface area contributed by atoms with E-state index in [1.807, 2.05) is 38.1 Å². The van der Waals surface area contributed by atoms with Gasteiger partial charge in [0.15, 0.2) is 0 Å². The summed E-state index contributed by atoms with van der Waals surface area (Å²) in [7, 11) is 0. The van der Waals surface area contributed by atoms with Crippen molar-refractivity contribution in [3.8, 4) is 16.3 Å². The third-order valence-corrected chi connectivity index (χ3v) is 4.39. The van der Waals surface area contributed by atoms with Gasteiger partial charge in [0.1, 0.15) is 15.6 Å². The summed E-state index contributed by atoms with van der Waals surface area (Å²) < 4.78 is 5.61. The quantitative estimate of drug-likeness (QED) is 0.900. The zero-order valence-corrected chi connectivity index (χ0v) is 12.8. The summed E-state index contributed by atoms with van der Waals surface area (Å²) in [6.07, 6.45) is 2.23. The molecule has 5 heteroatoms. The third kappa shape index (κ3) is 3.08. The molecule has 4 nitrogen and oxygen atoms in total. The molecule has 1 heterocycles. The molecular weight excluding hydrogens is 286 g/mol. The van der Waals surface area contributed by atoms with E-state index in [9.17, 15) is 9.90 Å². The topological polar surface area (TPSA) is 59.4 Å². The highest BCUT2D eigenvalue weighted by Crippen LogP contribution is 2.44. The van der Waals surface area contributed by atoms with E-state index in [1.54, 1.807) is 0 Å². The number of carboxylic acids is 1. The summed E-state index contributed by atoms with van der Waals surface area (Å²) in [6, 6.07) is 7.65. The Hall–Kier alpha value is -1.88. The highest BCUT2D eigenvalue weighted by Gasteiger charge is 2.32. The smallest absolute Gasteiger partial charge is 0.347 e. The lowest BCUT2D eigenvalue weighted by Crippen LogP contribution is -2.05. The second-order valence-electron chi connectivity index (χ2n) is 5.50. The Kier molecular flexibility index (Phi) is 3.68. The Bertz CT molecular complexity index is 657. The average molecular weight is 303 g/mol. The highest BCUT2D eigenvalue weighted by atomic mass is 32.1. The van der Waals surface area contributed by atoms with Crippen molar-refractivity contribution in [3.63, 3.8) is 0 Å². The number of thiazole rings is 1. The molecule has 1 aliphatic carbocycles. The molecule has 1 saturated carbocycles. The summed E-state index contributed by atoms with van der Waals surface area (Å²) in [5.41, 5.74) is 1.69. The van der Waals surface area contributed by atoms with E-state index in [-0.39, 0.29) is 6.10 Å². The molecule has 2 aromatic rings. The van der Waals surface area contributed by atoms with E-state index < -0.39 is 5.97 Å². The minimum atomic E-state index is -0.875. The molecule has 0 atom stereocenters. The fourth-order valence-electron chi connectivity index (χ4n) is 2.19. The van der Waals surface area contributed by atoms with E-state index in [1.165, 1.54) is 11.3 Å². The van der Waals surface area contributed by atoms with Crippen LogP contribution in [0.25, 0.3) is 10.6 Å². The molecular formula is C16H17NO3S. The monoisotopic (exact) mass is 303 g/mol. The van der Waals surface area contributed by atoms with Gasteiger partial charge in [-0.15, -0.1) is 11.3 Å². The van der Waals surface area contributed by atoms with Gasteiger partial charge in [-0.05, 0) is 51.0 Å². The zero-order chi connectivity index (χ0) is 15.0. The number of aromatic carboxylic acids is 1. The Labute approximate surface area is 127 Å². The van der Waals surface area contributed by atoms with Gasteiger partial charge in [0.25, 0.3) is 0 Å². The first-order chi connectivity index (χ1) is 10.0. The van der Waals surface area contributed by atoms with Crippen LogP contribution in [0.4, 0.5) is 0 Å². The largest absolute Gasteiger partial charge is 0.491 e. The van der Waals surface area contributed by atoms with Crippen molar-refractivity contribution in [2.45, 2.75) is 38.7 Å². The lowest BCUT2D eigenvalue weighted by Gasteiger charge is -2.09. The highest BCUT2D eigenvalue weighted by molar-refractivity contribution is 7.17. The molecule has 1 aliphatic rings. The van der Waals surface area contributed by atoms with E-state index >= 15 is 0 Å². The van der Waals surface area contributed by atoms with Crippen LogP contribution in [0.3, 0.4) is 0 Å². The second-order valence-corrected chi connectivity index (χ2v) is 6.50. The number of ether oxygens (including phenoxy) is 1. The molecule has 0 saturated heterocycles. The predicted octanol–water partition coefficient (Wildman–Crippen LogP) is 4.17. The van der Waals surface area contributed by atoms with Crippen molar-refractivity contribution in [1.82, 2.24) is 4.98 Å². The van der Waals surface area contributed by atoms with Crippen LogP contribution in [0.5, 0.6) is 5.75 Å². The number of aromatic nitrogens is 1. The van der Waals surface area contributed by atoms with Crippen LogP contribution in [0, 0.1) is 0 Å². The molecule has 21 heavy (non-hydrogen) atoms. The van der Waals surface area contributed by atoms with Gasteiger partial charge >= 0.3 is 5.97 Å². The first-order valence-corrected chi connectivity index (χ1v) is 7.87. The number of rotatable bonds is 5. The van der Waals surface area contributed by atoms with Crippen LogP contribution in [0.2, 0.25) is 0 Å². The van der Waals surface area contributed by atoms with Crippen LogP contribution in [0.15, 0.2) is 24.3 Å². The van der Waals surface area contributed by atoms with Gasteiger partial charge < -0.3 is 9.84 Å². The maximum Gasteiger partial charge on any atom is 0.347 e. The Morgan fingerprint density at radius 2 is 2.00 bits per heavy atom. The van der Waals surface area contributed by atoms with Crippen molar-refractivity contribution in [3.05, 3.63) is 34.8 Å². The number of carbonyl (C=O) groups is 1. The minimum absolute atomic E-state index is 0.135. The van der Waals surface area contributed by atoms with E-state index in [0.717, 1.165) is 34.9 Å². The maximum absolute atomic E-state index is 11.3. The Balaban J connectivity index is 1.89. The van der Waals surface area contributed by atoms with Crippen LogP contribution >= 0.6 is 11.3 Å². The normalized spacial score (nSPS) is 14.4. The fraction of sp³-hybridized carbons (Fsp3) is 0.375. The van der Waals surface area contributed by atoms with Gasteiger partial charge in [0.2, 0.25) is 0 Å². The maximum atomic E-state index is 11.3. The fourth-order valence-corrected chi connectivity index (χ4v) is 3.19. The van der Waals surface area contributed by atoms with E-state index in [2.05, 4.69) is 4.98 Å². The standard InChI is InChI=1S/C16H17NO3S/c1-9(2)20-12-7-5-11(6-8-12)15-17-13(10-3-4-10)14(21-15)16(18)19/h5-10H,3-4H2,1-2H3,(H,18,19). The molecule has 1 fully saturated rings. The van der Waals surface area contributed by atoms with E-state index in [4.69, 9.17) is 4.74 Å². The number of carboxylic acid groups (broad SMARTS) is 1. The van der Waals surface area contributed by atoms with Crippen LogP contribution < -0.4 is 4.74 Å². The zero-order valence-electron chi connectivity index (χ0n) is 12.0. The number of benzene rings is 1. The van der Waals surface area contributed by atoms with Crippen LogP contribution in [-0.4, -0.2) is 22.2 Å². The van der Waals surface area contributed by atoms with Gasteiger partial charge in [-0.1, -0.05) is 0 Å². The molecule has 3 rings (SSSR count). The average Bonchev–Trinajstić information content (AvgIpc) is 3.18. The van der Waals surface area contributed by atoms with Gasteiger partial charge in [-0.2, -0.15) is 0 Å². The molecule has 0 bridgehead atoms. The molecule has 1 N–H and O–H groups in total. The SMILES string of the molecule is CC(C)Oc1ccc(-c2nc(C3CC3)c(C(=O)O)s2)cc1. The van der Waals surface area contributed by atoms with Crippen molar-refractivity contribution < 1.29 is 14.6 Å². The molecule has 0 unspecified atom stereocenters. The summed E-state index contributed by atoms with van der Waals surface area (Å²) in [6.45, 7) is 3.96. The lowest BCUT2D eigenvalue weighted by atomic mass is 10.2. The molecule has 0 aliphatic heterocycles.